The zero-order valence-electron chi connectivity index (χ0n) is 12.1. The van der Waals surface area contributed by atoms with Gasteiger partial charge in [-0.3, -0.25) is 9.59 Å². The number of likely N-dealkylation sites (N-methyl/N-ethyl adjacent to an activating group) is 1. The Morgan fingerprint density at radius 3 is 2.76 bits per heavy atom. The number of carbonyl (C=O) groups excluding carboxylic acids is 2. The van der Waals surface area contributed by atoms with Crippen molar-refractivity contribution in [3.8, 4) is 0 Å². The maximum absolute atomic E-state index is 12.5. The van der Waals surface area contributed by atoms with Crippen LogP contribution >= 0.6 is 0 Å². The normalized spacial score (nSPS) is 14.6. The molecule has 1 aliphatic rings. The van der Waals surface area contributed by atoms with Gasteiger partial charge in [-0.2, -0.15) is 0 Å². The molecule has 1 saturated heterocycles. The third-order valence-electron chi connectivity index (χ3n) is 4.00. The van der Waals surface area contributed by atoms with Crippen molar-refractivity contribution < 1.29 is 9.59 Å². The molecule has 0 spiro atoms. The second-order valence-corrected chi connectivity index (χ2v) is 5.50. The molecule has 1 N–H and O–H groups in total. The molecule has 0 radical (unpaired) electrons. The molecule has 1 fully saturated rings. The van der Waals surface area contributed by atoms with E-state index in [1.165, 1.54) is 4.90 Å². The zero-order chi connectivity index (χ0) is 14.8. The van der Waals surface area contributed by atoms with Gasteiger partial charge in [-0.05, 0) is 25.0 Å². The first kappa shape index (κ1) is 13.7. The number of nitrogens with zero attached hydrogens (tertiary/aromatic N) is 2. The highest BCUT2D eigenvalue weighted by atomic mass is 16.2. The van der Waals surface area contributed by atoms with Crippen molar-refractivity contribution in [2.24, 2.45) is 0 Å². The molecule has 110 valence electrons. The van der Waals surface area contributed by atoms with E-state index >= 15 is 0 Å². The summed E-state index contributed by atoms with van der Waals surface area (Å²) in [5.74, 6) is -0.0994. The van der Waals surface area contributed by atoms with E-state index in [1.807, 2.05) is 29.3 Å². The second-order valence-electron chi connectivity index (χ2n) is 5.50. The molecule has 2 amide bonds. The number of fused-ring (bicyclic) bond motifs is 1. The first-order valence-electron chi connectivity index (χ1n) is 7.26. The lowest BCUT2D eigenvalue weighted by molar-refractivity contribution is -0.130. The van der Waals surface area contributed by atoms with Crippen LogP contribution in [0.25, 0.3) is 10.9 Å². The van der Waals surface area contributed by atoms with Gasteiger partial charge in [0, 0.05) is 31.7 Å². The van der Waals surface area contributed by atoms with E-state index in [2.05, 4.69) is 4.98 Å². The maximum atomic E-state index is 12.5. The summed E-state index contributed by atoms with van der Waals surface area (Å²) >= 11 is 0. The number of likely N-dealkylation sites (tertiary alicyclic amines) is 1. The minimum atomic E-state index is -0.129. The van der Waals surface area contributed by atoms with Crippen molar-refractivity contribution in [3.63, 3.8) is 0 Å². The molecule has 0 atom stereocenters. The van der Waals surface area contributed by atoms with Crippen LogP contribution in [-0.2, 0) is 4.79 Å². The monoisotopic (exact) mass is 285 g/mol. The molecular weight excluding hydrogens is 266 g/mol. The highest BCUT2D eigenvalue weighted by Crippen LogP contribution is 2.18. The molecule has 3 rings (SSSR count). The van der Waals surface area contributed by atoms with Gasteiger partial charge in [0.1, 0.15) is 0 Å². The topological polar surface area (TPSA) is 56.4 Å². The van der Waals surface area contributed by atoms with Crippen molar-refractivity contribution in [1.82, 2.24) is 14.8 Å². The van der Waals surface area contributed by atoms with E-state index < -0.39 is 0 Å². The van der Waals surface area contributed by atoms with E-state index in [9.17, 15) is 9.59 Å². The van der Waals surface area contributed by atoms with Gasteiger partial charge in [-0.15, -0.1) is 0 Å². The van der Waals surface area contributed by atoms with Crippen LogP contribution in [0.2, 0.25) is 0 Å². The fourth-order valence-corrected chi connectivity index (χ4v) is 2.81. The van der Waals surface area contributed by atoms with Crippen molar-refractivity contribution in [1.29, 1.82) is 0 Å². The Kier molecular flexibility index (Phi) is 3.64. The largest absolute Gasteiger partial charge is 0.361 e. The van der Waals surface area contributed by atoms with E-state index in [0.717, 1.165) is 36.8 Å². The summed E-state index contributed by atoms with van der Waals surface area (Å²) in [4.78, 5) is 31.1. The van der Waals surface area contributed by atoms with Crippen molar-refractivity contribution in [2.45, 2.75) is 12.8 Å². The number of amides is 2. The van der Waals surface area contributed by atoms with Gasteiger partial charge >= 0.3 is 0 Å². The quantitative estimate of drug-likeness (QED) is 0.936. The molecule has 1 aliphatic heterocycles. The number of aromatic amines is 1. The Morgan fingerprint density at radius 2 is 2.00 bits per heavy atom. The summed E-state index contributed by atoms with van der Waals surface area (Å²) in [6, 6.07) is 7.54. The van der Waals surface area contributed by atoms with Crippen molar-refractivity contribution in [2.75, 3.05) is 26.7 Å². The van der Waals surface area contributed by atoms with Gasteiger partial charge in [0.2, 0.25) is 5.91 Å². The molecule has 5 heteroatoms. The van der Waals surface area contributed by atoms with Crippen LogP contribution in [-0.4, -0.2) is 53.3 Å². The molecule has 1 aromatic heterocycles. The molecule has 21 heavy (non-hydrogen) atoms. The molecule has 2 aromatic rings. The summed E-state index contributed by atoms with van der Waals surface area (Å²) in [6.07, 6.45) is 3.94. The first-order valence-corrected chi connectivity index (χ1v) is 7.26. The molecular formula is C16H19N3O2. The fourth-order valence-electron chi connectivity index (χ4n) is 2.81. The molecule has 5 nitrogen and oxygen atoms in total. The van der Waals surface area contributed by atoms with Crippen LogP contribution in [0.5, 0.6) is 0 Å². The van der Waals surface area contributed by atoms with Crippen molar-refractivity contribution in [3.05, 3.63) is 36.0 Å². The maximum Gasteiger partial charge on any atom is 0.256 e. The van der Waals surface area contributed by atoms with Gasteiger partial charge in [0.05, 0.1) is 17.6 Å². The highest BCUT2D eigenvalue weighted by Gasteiger charge is 2.22. The summed E-state index contributed by atoms with van der Waals surface area (Å²) in [7, 11) is 1.68. The van der Waals surface area contributed by atoms with Crippen LogP contribution in [0, 0.1) is 0 Å². The zero-order valence-corrected chi connectivity index (χ0v) is 12.1. The fraction of sp³-hybridized carbons (Fsp3) is 0.375. The number of rotatable bonds is 3. The Morgan fingerprint density at radius 1 is 1.24 bits per heavy atom. The summed E-state index contributed by atoms with van der Waals surface area (Å²) in [6.45, 7) is 1.76. The predicted octanol–water partition coefficient (Wildman–Crippen LogP) is 1.86. The third kappa shape index (κ3) is 2.63. The average Bonchev–Trinajstić information content (AvgIpc) is 3.16. The van der Waals surface area contributed by atoms with Crippen LogP contribution in [0.3, 0.4) is 0 Å². The Bertz CT molecular complexity index is 671. The molecule has 1 aromatic carbocycles. The lowest BCUT2D eigenvalue weighted by atomic mass is 10.1. The van der Waals surface area contributed by atoms with Gasteiger partial charge in [0.25, 0.3) is 5.91 Å². The molecule has 0 bridgehead atoms. The average molecular weight is 285 g/mol. The minimum Gasteiger partial charge on any atom is -0.361 e. The number of aromatic nitrogens is 1. The number of para-hydroxylation sites is 1. The van der Waals surface area contributed by atoms with Gasteiger partial charge in [0.15, 0.2) is 0 Å². The van der Waals surface area contributed by atoms with E-state index in [1.54, 1.807) is 13.1 Å². The van der Waals surface area contributed by atoms with Crippen molar-refractivity contribution >= 4 is 22.7 Å². The smallest absolute Gasteiger partial charge is 0.256 e. The summed E-state index contributed by atoms with van der Waals surface area (Å²) < 4.78 is 0. The second kappa shape index (κ2) is 5.60. The van der Waals surface area contributed by atoms with E-state index in [4.69, 9.17) is 0 Å². The van der Waals surface area contributed by atoms with Crippen LogP contribution in [0.1, 0.15) is 23.2 Å². The first-order chi connectivity index (χ1) is 10.2. The van der Waals surface area contributed by atoms with Gasteiger partial charge < -0.3 is 14.8 Å². The summed E-state index contributed by atoms with van der Waals surface area (Å²) in [5.41, 5.74) is 1.43. The predicted molar refractivity (Wildman–Crippen MR) is 81.1 cm³/mol. The number of nitrogens with one attached hydrogen (secondary N) is 1. The van der Waals surface area contributed by atoms with E-state index in [-0.39, 0.29) is 18.4 Å². The van der Waals surface area contributed by atoms with Gasteiger partial charge in [-0.25, -0.2) is 0 Å². The molecule has 0 unspecified atom stereocenters. The molecule has 0 aliphatic carbocycles. The number of hydrogen-bond acceptors (Lipinski definition) is 2. The van der Waals surface area contributed by atoms with Crippen LogP contribution in [0.4, 0.5) is 0 Å². The molecule has 2 heterocycles. The number of benzene rings is 1. The SMILES string of the molecule is CN(CC(=O)N1CCCC1)C(=O)c1cccc2cc[nH]c12. The number of H-pyrrole nitrogens is 1. The standard InChI is InChI=1S/C16H19N3O2/c1-18(11-14(20)19-9-2-3-10-19)16(21)13-6-4-5-12-7-8-17-15(12)13/h4-8,17H,2-3,9-11H2,1H3. The Balaban J connectivity index is 1.75. The Labute approximate surface area is 123 Å². The summed E-state index contributed by atoms with van der Waals surface area (Å²) in [5, 5.41) is 1.00. The minimum absolute atomic E-state index is 0.0296. The van der Waals surface area contributed by atoms with E-state index in [0.29, 0.717) is 5.56 Å². The molecule has 0 saturated carbocycles. The van der Waals surface area contributed by atoms with Crippen LogP contribution < -0.4 is 0 Å². The number of hydrogen-bond donors (Lipinski definition) is 1. The highest BCUT2D eigenvalue weighted by molar-refractivity contribution is 6.06. The number of carbonyl (C=O) groups is 2. The van der Waals surface area contributed by atoms with Crippen LogP contribution in [0.15, 0.2) is 30.5 Å². The van der Waals surface area contributed by atoms with Gasteiger partial charge in [-0.1, -0.05) is 12.1 Å². The third-order valence-corrected chi connectivity index (χ3v) is 4.00. The Hall–Kier alpha value is -2.30. The lowest BCUT2D eigenvalue weighted by Crippen LogP contribution is -2.39. The lowest BCUT2D eigenvalue weighted by Gasteiger charge is -2.21.